The van der Waals surface area contributed by atoms with Gasteiger partial charge in [-0.05, 0) is 38.0 Å². The van der Waals surface area contributed by atoms with E-state index in [4.69, 9.17) is 9.47 Å². The molecule has 1 saturated heterocycles. The zero-order valence-electron chi connectivity index (χ0n) is 12.1. The van der Waals surface area contributed by atoms with Crippen LogP contribution in [-0.4, -0.2) is 49.6 Å². The van der Waals surface area contributed by atoms with E-state index in [1.807, 2.05) is 0 Å². The van der Waals surface area contributed by atoms with Crippen molar-refractivity contribution in [1.29, 1.82) is 0 Å². The van der Waals surface area contributed by atoms with Gasteiger partial charge in [0, 0.05) is 25.8 Å². The zero-order chi connectivity index (χ0) is 14.2. The lowest BCUT2D eigenvalue weighted by molar-refractivity contribution is -0.150. The van der Waals surface area contributed by atoms with Crippen molar-refractivity contribution in [2.24, 2.45) is 11.3 Å². The van der Waals surface area contributed by atoms with Gasteiger partial charge in [0.25, 0.3) is 0 Å². The molecule has 1 heterocycles. The monoisotopic (exact) mass is 283 g/mol. The molecule has 2 N–H and O–H groups in total. The molecule has 0 aromatic heterocycles. The van der Waals surface area contributed by atoms with Gasteiger partial charge in [0.15, 0.2) is 0 Å². The predicted molar refractivity (Wildman–Crippen MR) is 73.6 cm³/mol. The van der Waals surface area contributed by atoms with Gasteiger partial charge in [0.1, 0.15) is 0 Å². The molecule has 0 amide bonds. The van der Waals surface area contributed by atoms with Crippen molar-refractivity contribution in [3.8, 4) is 0 Å². The number of rotatable bonds is 4. The highest BCUT2D eigenvalue weighted by atomic mass is 16.5. The normalized spacial score (nSPS) is 44.5. The molecule has 114 valence electrons. The fourth-order valence-corrected chi connectivity index (χ4v) is 4.56. The molecule has 3 fully saturated rings. The maximum absolute atomic E-state index is 11.7. The molecule has 0 bridgehead atoms. The minimum Gasteiger partial charge on any atom is -0.481 e. The van der Waals surface area contributed by atoms with Crippen LogP contribution in [-0.2, 0) is 14.3 Å². The molecule has 0 spiro atoms. The molecular formula is C15H25NO4. The van der Waals surface area contributed by atoms with Crippen molar-refractivity contribution in [3.63, 3.8) is 0 Å². The van der Waals surface area contributed by atoms with Gasteiger partial charge in [0.2, 0.25) is 0 Å². The number of methoxy groups -OCH3 is 1. The number of aliphatic carboxylic acids is 1. The van der Waals surface area contributed by atoms with Crippen molar-refractivity contribution in [3.05, 3.63) is 0 Å². The van der Waals surface area contributed by atoms with Crippen LogP contribution < -0.4 is 5.32 Å². The summed E-state index contributed by atoms with van der Waals surface area (Å²) >= 11 is 0. The lowest BCUT2D eigenvalue weighted by Crippen LogP contribution is -2.50. The molecule has 3 rings (SSSR count). The molecule has 0 aromatic rings. The van der Waals surface area contributed by atoms with Gasteiger partial charge in [0.05, 0.1) is 18.1 Å². The Morgan fingerprint density at radius 2 is 2.30 bits per heavy atom. The Balaban J connectivity index is 1.64. The van der Waals surface area contributed by atoms with E-state index in [9.17, 15) is 9.90 Å². The van der Waals surface area contributed by atoms with Crippen molar-refractivity contribution in [1.82, 2.24) is 5.32 Å². The Kier molecular flexibility index (Phi) is 4.02. The van der Waals surface area contributed by atoms with E-state index in [2.05, 4.69) is 5.32 Å². The third kappa shape index (κ3) is 2.36. The average molecular weight is 283 g/mol. The van der Waals surface area contributed by atoms with Gasteiger partial charge in [-0.25, -0.2) is 0 Å². The zero-order valence-corrected chi connectivity index (χ0v) is 12.1. The van der Waals surface area contributed by atoms with E-state index in [-0.39, 0.29) is 6.10 Å². The quantitative estimate of drug-likeness (QED) is 0.816. The highest BCUT2D eigenvalue weighted by molar-refractivity contribution is 5.76. The molecule has 2 saturated carbocycles. The van der Waals surface area contributed by atoms with Gasteiger partial charge in [-0.15, -0.1) is 0 Å². The molecule has 2 aliphatic carbocycles. The van der Waals surface area contributed by atoms with Crippen LogP contribution >= 0.6 is 0 Å². The van der Waals surface area contributed by atoms with Crippen molar-refractivity contribution >= 4 is 5.97 Å². The van der Waals surface area contributed by atoms with E-state index in [0.29, 0.717) is 24.6 Å². The van der Waals surface area contributed by atoms with Gasteiger partial charge in [-0.3, -0.25) is 4.79 Å². The van der Waals surface area contributed by atoms with Crippen LogP contribution in [0.4, 0.5) is 0 Å². The Labute approximate surface area is 120 Å². The number of hydrogen-bond donors (Lipinski definition) is 2. The maximum atomic E-state index is 11.7. The molecule has 5 nitrogen and oxygen atoms in total. The number of carboxylic acid groups (broad SMARTS) is 1. The smallest absolute Gasteiger partial charge is 0.309 e. The maximum Gasteiger partial charge on any atom is 0.309 e. The first-order valence-electron chi connectivity index (χ1n) is 7.75. The van der Waals surface area contributed by atoms with Gasteiger partial charge in [-0.2, -0.15) is 0 Å². The molecule has 0 radical (unpaired) electrons. The van der Waals surface area contributed by atoms with Crippen molar-refractivity contribution < 1.29 is 19.4 Å². The Morgan fingerprint density at radius 3 is 3.00 bits per heavy atom. The standard InChI is InChI=1S/C15H25NO4/c1-19-13-9-20-6-4-12(13)16-11-7-10-3-2-5-15(10,8-11)14(17)18/h10-13,16H,2-9H2,1H3,(H,17,18)/t10?,11?,12-,13+,15?/m0/s1. The topological polar surface area (TPSA) is 67.8 Å². The number of hydrogen-bond acceptors (Lipinski definition) is 4. The summed E-state index contributed by atoms with van der Waals surface area (Å²) in [6, 6.07) is 0.612. The minimum absolute atomic E-state index is 0.0879. The van der Waals surface area contributed by atoms with E-state index >= 15 is 0 Å². The fraction of sp³-hybridized carbons (Fsp3) is 0.933. The van der Waals surface area contributed by atoms with Gasteiger partial charge < -0.3 is 19.9 Å². The Morgan fingerprint density at radius 1 is 1.45 bits per heavy atom. The molecule has 0 aromatic carbocycles. The summed E-state index contributed by atoms with van der Waals surface area (Å²) in [6.07, 6.45) is 5.81. The largest absolute Gasteiger partial charge is 0.481 e. The van der Waals surface area contributed by atoms with E-state index in [0.717, 1.165) is 45.1 Å². The third-order valence-corrected chi connectivity index (χ3v) is 5.62. The summed E-state index contributed by atoms with van der Waals surface area (Å²) in [6.45, 7) is 1.39. The van der Waals surface area contributed by atoms with E-state index in [1.54, 1.807) is 7.11 Å². The number of carbonyl (C=O) groups is 1. The first kappa shape index (κ1) is 14.3. The van der Waals surface area contributed by atoms with E-state index < -0.39 is 11.4 Å². The predicted octanol–water partition coefficient (Wildman–Crippen LogP) is 1.41. The van der Waals surface area contributed by atoms with E-state index in [1.165, 1.54) is 0 Å². The first-order valence-corrected chi connectivity index (χ1v) is 7.75. The van der Waals surface area contributed by atoms with Crippen LogP contribution in [0.25, 0.3) is 0 Å². The summed E-state index contributed by atoms with van der Waals surface area (Å²) in [7, 11) is 1.72. The summed E-state index contributed by atoms with van der Waals surface area (Å²) in [5, 5.41) is 13.3. The number of fused-ring (bicyclic) bond motifs is 1. The Bertz CT molecular complexity index is 375. The molecule has 20 heavy (non-hydrogen) atoms. The lowest BCUT2D eigenvalue weighted by atomic mass is 9.80. The molecule has 5 heteroatoms. The van der Waals surface area contributed by atoms with Crippen LogP contribution in [0, 0.1) is 11.3 Å². The first-order chi connectivity index (χ1) is 9.65. The van der Waals surface area contributed by atoms with Crippen LogP contribution in [0.3, 0.4) is 0 Å². The van der Waals surface area contributed by atoms with Crippen LogP contribution in [0.15, 0.2) is 0 Å². The second-order valence-electron chi connectivity index (χ2n) is 6.60. The molecule has 1 aliphatic heterocycles. The highest BCUT2D eigenvalue weighted by Crippen LogP contribution is 2.54. The second kappa shape index (κ2) is 5.62. The van der Waals surface area contributed by atoms with Crippen molar-refractivity contribution in [2.45, 2.75) is 56.7 Å². The fourth-order valence-electron chi connectivity index (χ4n) is 4.56. The summed E-state index contributed by atoms with van der Waals surface area (Å²) < 4.78 is 10.9. The third-order valence-electron chi connectivity index (χ3n) is 5.62. The molecule has 3 aliphatic rings. The highest BCUT2D eigenvalue weighted by Gasteiger charge is 2.55. The van der Waals surface area contributed by atoms with Gasteiger partial charge in [-0.1, -0.05) is 6.42 Å². The molecule has 5 atom stereocenters. The summed E-state index contributed by atoms with van der Waals surface area (Å²) in [4.78, 5) is 11.7. The van der Waals surface area contributed by atoms with Crippen molar-refractivity contribution in [2.75, 3.05) is 20.3 Å². The second-order valence-corrected chi connectivity index (χ2v) is 6.60. The summed E-state index contributed by atoms with van der Waals surface area (Å²) in [5.41, 5.74) is -0.453. The SMILES string of the molecule is CO[C@@H]1COCC[C@@H]1NC1CC2CCCC2(C(=O)O)C1. The number of ether oxygens (including phenoxy) is 2. The van der Waals surface area contributed by atoms with Crippen LogP contribution in [0.5, 0.6) is 0 Å². The van der Waals surface area contributed by atoms with Crippen LogP contribution in [0.1, 0.15) is 38.5 Å². The molecular weight excluding hydrogens is 258 g/mol. The number of carboxylic acids is 1. The average Bonchev–Trinajstić information content (AvgIpc) is 2.97. The van der Waals surface area contributed by atoms with Crippen LogP contribution in [0.2, 0.25) is 0 Å². The number of nitrogens with one attached hydrogen (secondary N) is 1. The Hall–Kier alpha value is -0.650. The minimum atomic E-state index is -0.584. The summed E-state index contributed by atoms with van der Waals surface area (Å²) in [5.74, 6) is -0.224. The molecule has 3 unspecified atom stereocenters. The van der Waals surface area contributed by atoms with Gasteiger partial charge >= 0.3 is 5.97 Å². The lowest BCUT2D eigenvalue weighted by Gasteiger charge is -2.33.